The van der Waals surface area contributed by atoms with Crippen LogP contribution >= 0.6 is 0 Å². The Morgan fingerprint density at radius 3 is 2.52 bits per heavy atom. The van der Waals surface area contributed by atoms with E-state index in [-0.39, 0.29) is 35.5 Å². The summed E-state index contributed by atoms with van der Waals surface area (Å²) in [6.45, 7) is 9.68. The summed E-state index contributed by atoms with van der Waals surface area (Å²) in [5.41, 5.74) is 0.431. The number of phenolic OH excluding ortho intramolecular Hbond substituents is 1. The van der Waals surface area contributed by atoms with E-state index in [0.717, 1.165) is 6.42 Å². The summed E-state index contributed by atoms with van der Waals surface area (Å²) >= 11 is 0. The van der Waals surface area contributed by atoms with Gasteiger partial charge in [0.1, 0.15) is 23.2 Å². The average Bonchev–Trinajstić information content (AvgIpc) is 2.95. The van der Waals surface area contributed by atoms with Gasteiger partial charge in [0, 0.05) is 24.9 Å². The number of methoxy groups -OCH3 is 1. The zero-order valence-electron chi connectivity index (χ0n) is 26.0. The van der Waals surface area contributed by atoms with Gasteiger partial charge in [-0.1, -0.05) is 65.3 Å². The highest BCUT2D eigenvalue weighted by molar-refractivity contribution is 5.94. The van der Waals surface area contributed by atoms with Gasteiger partial charge in [-0.15, -0.1) is 0 Å². The van der Waals surface area contributed by atoms with E-state index in [9.17, 15) is 30.0 Å². The van der Waals surface area contributed by atoms with Gasteiger partial charge in [0.05, 0.1) is 31.3 Å². The zero-order chi connectivity index (χ0) is 31.4. The molecule has 5 N–H and O–H groups in total. The van der Waals surface area contributed by atoms with Crippen molar-refractivity contribution in [1.82, 2.24) is 5.32 Å². The molecule has 9 heteroatoms. The highest BCUT2D eigenvalue weighted by Gasteiger charge is 2.32. The van der Waals surface area contributed by atoms with Crippen LogP contribution < -0.4 is 10.1 Å². The Kier molecular flexibility index (Phi) is 14.5. The van der Waals surface area contributed by atoms with Gasteiger partial charge in [0.2, 0.25) is 5.91 Å². The van der Waals surface area contributed by atoms with E-state index >= 15 is 0 Å². The smallest absolute Gasteiger partial charge is 0.342 e. The molecule has 1 heterocycles. The highest BCUT2D eigenvalue weighted by atomic mass is 16.5. The normalized spacial score (nSPS) is 24.2. The van der Waals surface area contributed by atoms with Crippen molar-refractivity contribution in [2.75, 3.05) is 13.7 Å². The Balaban J connectivity index is 2.10. The van der Waals surface area contributed by atoms with Crippen LogP contribution in [0.4, 0.5) is 0 Å². The van der Waals surface area contributed by atoms with Gasteiger partial charge in [-0.25, -0.2) is 4.79 Å². The number of nitrogens with one attached hydrogen (secondary N) is 1. The molecule has 0 spiro atoms. The van der Waals surface area contributed by atoms with E-state index in [4.69, 9.17) is 9.47 Å². The largest absolute Gasteiger partial charge is 0.507 e. The van der Waals surface area contributed by atoms with Crippen molar-refractivity contribution in [3.8, 4) is 11.5 Å². The number of fused-ring (bicyclic) bond motifs is 1. The topological polar surface area (TPSA) is 146 Å². The van der Waals surface area contributed by atoms with Gasteiger partial charge in [0.15, 0.2) is 0 Å². The number of carbonyl (C=O) groups is 2. The van der Waals surface area contributed by atoms with Crippen LogP contribution in [0.2, 0.25) is 0 Å². The number of aromatic hydroxyl groups is 1. The molecule has 0 saturated carbocycles. The number of hydrogen-bond donors (Lipinski definition) is 5. The number of phenols is 1. The van der Waals surface area contributed by atoms with Crippen molar-refractivity contribution in [3.63, 3.8) is 0 Å². The molecular weight excluding hydrogens is 538 g/mol. The molecule has 1 aliphatic heterocycles. The third kappa shape index (κ3) is 10.1. The zero-order valence-corrected chi connectivity index (χ0v) is 26.0. The fraction of sp³-hybridized carbons (Fsp3) is 0.636. The molecule has 1 amide bonds. The Morgan fingerprint density at radius 2 is 1.86 bits per heavy atom. The third-order valence-electron chi connectivity index (χ3n) is 8.35. The molecule has 1 aromatic carbocycles. The van der Waals surface area contributed by atoms with Crippen molar-refractivity contribution < 1.29 is 39.5 Å². The van der Waals surface area contributed by atoms with E-state index < -0.39 is 42.2 Å². The fourth-order valence-electron chi connectivity index (χ4n) is 5.18. The van der Waals surface area contributed by atoms with Crippen LogP contribution in [0, 0.1) is 23.7 Å². The first-order valence-electron chi connectivity index (χ1n) is 15.1. The molecule has 236 valence electrons. The molecule has 0 bridgehead atoms. The number of aliphatic hydroxyl groups is 3. The van der Waals surface area contributed by atoms with Crippen molar-refractivity contribution in [3.05, 3.63) is 47.6 Å². The minimum atomic E-state index is -0.794. The summed E-state index contributed by atoms with van der Waals surface area (Å²) in [4.78, 5) is 25.6. The van der Waals surface area contributed by atoms with Crippen molar-refractivity contribution in [2.45, 2.75) is 97.6 Å². The SMILES string of the molecule is CCC[C@H](O)[C@@H](C)C(=O)NC/C=C\C[C@@H](C)[C@@H](O)[C@H](C)[C@@H]1C/C=C\C[C@H](C)[C@H](O)Cc2cc(OC)cc(O)c2C(=O)O1. The summed E-state index contributed by atoms with van der Waals surface area (Å²) in [5.74, 6) is -1.98. The molecule has 2 rings (SSSR count). The van der Waals surface area contributed by atoms with Crippen LogP contribution in [0.25, 0.3) is 0 Å². The maximum atomic E-state index is 13.4. The first kappa shape index (κ1) is 35.3. The number of aliphatic hydroxyl groups excluding tert-OH is 3. The maximum absolute atomic E-state index is 13.4. The minimum Gasteiger partial charge on any atom is -0.507 e. The van der Waals surface area contributed by atoms with E-state index in [1.165, 1.54) is 13.2 Å². The Morgan fingerprint density at radius 1 is 1.17 bits per heavy atom. The summed E-state index contributed by atoms with van der Waals surface area (Å²) in [7, 11) is 1.46. The van der Waals surface area contributed by atoms with Gasteiger partial charge >= 0.3 is 5.97 Å². The Bertz CT molecular complexity index is 1070. The molecule has 42 heavy (non-hydrogen) atoms. The number of amides is 1. The van der Waals surface area contributed by atoms with Gasteiger partial charge in [0.25, 0.3) is 0 Å². The Hall–Kier alpha value is -2.88. The van der Waals surface area contributed by atoms with Crippen LogP contribution in [-0.2, 0) is 16.0 Å². The molecule has 0 radical (unpaired) electrons. The van der Waals surface area contributed by atoms with Crippen LogP contribution in [0.5, 0.6) is 11.5 Å². The van der Waals surface area contributed by atoms with Gasteiger partial charge in [-0.2, -0.15) is 0 Å². The molecule has 0 aromatic heterocycles. The van der Waals surface area contributed by atoms with Crippen molar-refractivity contribution in [2.24, 2.45) is 23.7 Å². The molecule has 0 saturated heterocycles. The van der Waals surface area contributed by atoms with Crippen molar-refractivity contribution >= 4 is 11.9 Å². The lowest BCUT2D eigenvalue weighted by Gasteiger charge is -2.31. The number of cyclic esters (lactones) is 1. The third-order valence-corrected chi connectivity index (χ3v) is 8.35. The lowest BCUT2D eigenvalue weighted by molar-refractivity contribution is -0.127. The Labute approximate surface area is 250 Å². The molecule has 1 aliphatic rings. The standard InChI is InChI=1S/C33H51NO8/c1-7-12-26(35)22(4)32(39)34-16-11-10-14-21(3)31(38)23(5)29-15-9-8-13-20(2)27(36)18-24-17-25(41-6)19-28(37)30(24)33(40)42-29/h8-11,17,19-23,26-27,29,31,35-38H,7,12-16,18H2,1-6H3,(H,34,39)/b9-8-,11-10-/t20-,21+,22+,23+,26-,27+,29-,31+/m0/s1. The molecule has 8 atom stereocenters. The lowest BCUT2D eigenvalue weighted by Crippen LogP contribution is -2.37. The number of allylic oxidation sites excluding steroid dienone is 2. The van der Waals surface area contributed by atoms with E-state index in [0.29, 0.717) is 43.5 Å². The van der Waals surface area contributed by atoms with Gasteiger partial charge < -0.3 is 35.2 Å². The van der Waals surface area contributed by atoms with Gasteiger partial charge in [-0.05, 0) is 49.1 Å². The number of rotatable bonds is 12. The number of ether oxygens (including phenoxy) is 2. The molecule has 9 nitrogen and oxygen atoms in total. The average molecular weight is 590 g/mol. The molecule has 0 unspecified atom stereocenters. The number of esters is 1. The number of carbonyl (C=O) groups excluding carboxylic acids is 2. The van der Waals surface area contributed by atoms with Crippen molar-refractivity contribution in [1.29, 1.82) is 0 Å². The summed E-state index contributed by atoms with van der Waals surface area (Å²) in [6, 6.07) is 2.98. The molecule has 1 aromatic rings. The molecular formula is C33H51NO8. The van der Waals surface area contributed by atoms with Gasteiger partial charge in [-0.3, -0.25) is 4.79 Å². The van der Waals surface area contributed by atoms with Crippen LogP contribution in [0.15, 0.2) is 36.4 Å². The predicted octanol–water partition coefficient (Wildman–Crippen LogP) is 4.31. The second-order valence-electron chi connectivity index (χ2n) is 11.7. The molecule has 0 fully saturated rings. The summed E-state index contributed by atoms with van der Waals surface area (Å²) < 4.78 is 11.2. The second-order valence-corrected chi connectivity index (χ2v) is 11.7. The molecule has 0 aliphatic carbocycles. The minimum absolute atomic E-state index is 0.00662. The van der Waals surface area contributed by atoms with E-state index in [1.807, 2.05) is 52.0 Å². The second kappa shape index (κ2) is 17.3. The van der Waals surface area contributed by atoms with E-state index in [1.54, 1.807) is 13.0 Å². The summed E-state index contributed by atoms with van der Waals surface area (Å²) in [6.07, 6.45) is 7.82. The maximum Gasteiger partial charge on any atom is 0.342 e. The van der Waals surface area contributed by atoms with Crippen LogP contribution in [0.3, 0.4) is 0 Å². The predicted molar refractivity (Wildman–Crippen MR) is 162 cm³/mol. The van der Waals surface area contributed by atoms with Crippen LogP contribution in [-0.4, -0.2) is 70.4 Å². The number of benzene rings is 1. The fourth-order valence-corrected chi connectivity index (χ4v) is 5.18. The lowest BCUT2D eigenvalue weighted by atomic mass is 9.85. The quantitative estimate of drug-likeness (QED) is 0.179. The monoisotopic (exact) mass is 589 g/mol. The first-order valence-corrected chi connectivity index (χ1v) is 15.1. The first-order chi connectivity index (χ1) is 19.9. The highest BCUT2D eigenvalue weighted by Crippen LogP contribution is 2.33. The summed E-state index contributed by atoms with van der Waals surface area (Å²) in [5, 5.41) is 45.5. The van der Waals surface area contributed by atoms with E-state index in [2.05, 4.69) is 5.32 Å². The van der Waals surface area contributed by atoms with Crippen LogP contribution in [0.1, 0.15) is 82.6 Å². The number of hydrogen-bond acceptors (Lipinski definition) is 8.